The van der Waals surface area contributed by atoms with Crippen LogP contribution in [0, 0.1) is 11.8 Å². The van der Waals surface area contributed by atoms with Crippen LogP contribution < -0.4 is 4.74 Å². The van der Waals surface area contributed by atoms with Gasteiger partial charge in [0.1, 0.15) is 5.75 Å². The summed E-state index contributed by atoms with van der Waals surface area (Å²) in [5.74, 6) is -0.681. The number of benzene rings is 1. The highest BCUT2D eigenvalue weighted by Gasteiger charge is 2.47. The molecule has 0 spiro atoms. The van der Waals surface area contributed by atoms with Gasteiger partial charge in [-0.1, -0.05) is 24.4 Å². The number of carbonyl (C=O) groups excluding carboxylic acids is 3. The lowest BCUT2D eigenvalue weighted by Gasteiger charge is -2.19. The van der Waals surface area contributed by atoms with Crippen molar-refractivity contribution in [3.05, 3.63) is 29.3 Å². The molecule has 3 rings (SSSR count). The normalized spacial score (nSPS) is 23.8. The molecule has 1 saturated carbocycles. The summed E-state index contributed by atoms with van der Waals surface area (Å²) in [7, 11) is 0. The molecule has 0 aromatic heterocycles. The van der Waals surface area contributed by atoms with E-state index in [0.717, 1.165) is 25.7 Å². The van der Waals surface area contributed by atoms with Gasteiger partial charge in [-0.2, -0.15) is 0 Å². The molecule has 2 atom stereocenters. The molecule has 0 N–H and O–H groups in total. The second-order valence-electron chi connectivity index (χ2n) is 6.00. The summed E-state index contributed by atoms with van der Waals surface area (Å²) in [4.78, 5) is 37.7. The first kappa shape index (κ1) is 16.0. The molecule has 1 aliphatic carbocycles. The molecule has 1 aromatic carbocycles. The Bertz CT molecular complexity index is 604. The molecule has 0 unspecified atom stereocenters. The Balaban J connectivity index is 1.55. The van der Waals surface area contributed by atoms with Gasteiger partial charge in [-0.05, 0) is 37.1 Å². The highest BCUT2D eigenvalue weighted by atomic mass is 35.5. The van der Waals surface area contributed by atoms with Crippen LogP contribution in [-0.4, -0.2) is 29.2 Å². The van der Waals surface area contributed by atoms with Gasteiger partial charge < -0.3 is 4.74 Å². The Hall–Kier alpha value is -1.88. The fourth-order valence-electron chi connectivity index (χ4n) is 3.34. The third kappa shape index (κ3) is 3.39. The van der Waals surface area contributed by atoms with Crippen LogP contribution in [-0.2, 0) is 14.4 Å². The summed E-state index contributed by atoms with van der Waals surface area (Å²) in [6, 6.07) is 6.45. The maximum absolute atomic E-state index is 12.3. The first-order valence-corrected chi connectivity index (χ1v) is 8.25. The van der Waals surface area contributed by atoms with Crippen molar-refractivity contribution < 1.29 is 19.1 Å². The molecule has 6 heteroatoms. The van der Waals surface area contributed by atoms with Gasteiger partial charge in [-0.25, -0.2) is 0 Å². The van der Waals surface area contributed by atoms with E-state index in [1.807, 2.05) is 0 Å². The number of nitrogens with zero attached hydrogens (tertiary/aromatic N) is 1. The lowest BCUT2D eigenvalue weighted by Crippen LogP contribution is -2.33. The number of hydrogen-bond acceptors (Lipinski definition) is 4. The Morgan fingerprint density at radius 2 is 1.65 bits per heavy atom. The number of fused-ring (bicyclic) bond motifs is 1. The fraction of sp³-hybridized carbons (Fsp3) is 0.471. The molecule has 122 valence electrons. The van der Waals surface area contributed by atoms with Gasteiger partial charge in [-0.3, -0.25) is 19.3 Å². The van der Waals surface area contributed by atoms with Crippen molar-refractivity contribution in [1.29, 1.82) is 0 Å². The minimum atomic E-state index is -0.470. The highest BCUT2D eigenvalue weighted by molar-refractivity contribution is 6.30. The number of rotatable bonds is 4. The molecule has 0 bridgehead atoms. The van der Waals surface area contributed by atoms with Crippen molar-refractivity contribution in [2.75, 3.05) is 6.54 Å². The molecule has 1 saturated heterocycles. The smallest absolute Gasteiger partial charge is 0.312 e. The van der Waals surface area contributed by atoms with Crippen molar-refractivity contribution in [2.24, 2.45) is 11.8 Å². The monoisotopic (exact) mass is 335 g/mol. The van der Waals surface area contributed by atoms with Gasteiger partial charge >= 0.3 is 5.97 Å². The summed E-state index contributed by atoms with van der Waals surface area (Å²) in [6.07, 6.45) is 3.54. The largest absolute Gasteiger partial charge is 0.426 e. The maximum Gasteiger partial charge on any atom is 0.312 e. The minimum Gasteiger partial charge on any atom is -0.426 e. The van der Waals surface area contributed by atoms with Crippen LogP contribution in [0.5, 0.6) is 5.75 Å². The van der Waals surface area contributed by atoms with E-state index >= 15 is 0 Å². The second kappa shape index (κ2) is 6.71. The summed E-state index contributed by atoms with van der Waals surface area (Å²) < 4.78 is 5.17. The summed E-state index contributed by atoms with van der Waals surface area (Å²) in [5, 5.41) is 0.556. The number of esters is 1. The van der Waals surface area contributed by atoms with E-state index in [0.29, 0.717) is 10.8 Å². The van der Waals surface area contributed by atoms with E-state index in [9.17, 15) is 14.4 Å². The molecule has 2 amide bonds. The van der Waals surface area contributed by atoms with Crippen LogP contribution in [0.1, 0.15) is 32.1 Å². The van der Waals surface area contributed by atoms with Crippen molar-refractivity contribution in [3.63, 3.8) is 0 Å². The van der Waals surface area contributed by atoms with E-state index in [1.54, 1.807) is 24.3 Å². The van der Waals surface area contributed by atoms with Crippen molar-refractivity contribution >= 4 is 29.4 Å². The maximum atomic E-state index is 12.3. The number of ether oxygens (including phenoxy) is 1. The van der Waals surface area contributed by atoms with Crippen LogP contribution >= 0.6 is 11.6 Å². The number of imide groups is 1. The Morgan fingerprint density at radius 1 is 1.09 bits per heavy atom. The van der Waals surface area contributed by atoms with Crippen LogP contribution in [0.15, 0.2) is 24.3 Å². The summed E-state index contributed by atoms with van der Waals surface area (Å²) in [6.45, 7) is 0.0943. The molecule has 2 fully saturated rings. The second-order valence-corrected chi connectivity index (χ2v) is 6.44. The van der Waals surface area contributed by atoms with Crippen molar-refractivity contribution in [2.45, 2.75) is 32.1 Å². The predicted molar refractivity (Wildman–Crippen MR) is 83.9 cm³/mol. The van der Waals surface area contributed by atoms with Gasteiger partial charge in [0.2, 0.25) is 11.8 Å². The van der Waals surface area contributed by atoms with E-state index in [4.69, 9.17) is 16.3 Å². The standard InChI is InChI=1S/C17H18ClNO4/c18-11-5-7-12(8-6-11)23-15(20)9-10-19-16(21)13-3-1-2-4-14(13)17(19)22/h5-8,13-14H,1-4,9-10H2/t13-,14-/m0/s1. The third-order valence-electron chi connectivity index (χ3n) is 4.52. The molecule has 1 heterocycles. The zero-order valence-electron chi connectivity index (χ0n) is 12.7. The Labute approximate surface area is 139 Å². The van der Waals surface area contributed by atoms with Crippen LogP contribution in [0.3, 0.4) is 0 Å². The molecular weight excluding hydrogens is 318 g/mol. The first-order valence-electron chi connectivity index (χ1n) is 7.88. The third-order valence-corrected chi connectivity index (χ3v) is 4.77. The molecule has 1 aliphatic heterocycles. The lowest BCUT2D eigenvalue weighted by molar-refractivity contribution is -0.141. The van der Waals surface area contributed by atoms with Gasteiger partial charge in [0, 0.05) is 11.6 Å². The number of halogens is 1. The highest BCUT2D eigenvalue weighted by Crippen LogP contribution is 2.37. The number of hydrogen-bond donors (Lipinski definition) is 0. The molecular formula is C17H18ClNO4. The van der Waals surface area contributed by atoms with Crippen molar-refractivity contribution in [3.8, 4) is 5.75 Å². The first-order chi connectivity index (χ1) is 11.1. The lowest BCUT2D eigenvalue weighted by atomic mass is 9.81. The van der Waals surface area contributed by atoms with Crippen LogP contribution in [0.4, 0.5) is 0 Å². The number of likely N-dealkylation sites (tertiary alicyclic amines) is 1. The van der Waals surface area contributed by atoms with E-state index in [-0.39, 0.29) is 36.6 Å². The zero-order valence-corrected chi connectivity index (χ0v) is 13.4. The Kier molecular flexibility index (Phi) is 4.66. The summed E-state index contributed by atoms with van der Waals surface area (Å²) in [5.41, 5.74) is 0. The van der Waals surface area contributed by atoms with Crippen LogP contribution in [0.2, 0.25) is 5.02 Å². The van der Waals surface area contributed by atoms with Crippen LogP contribution in [0.25, 0.3) is 0 Å². The number of carbonyl (C=O) groups is 3. The van der Waals surface area contributed by atoms with Gasteiger partial charge in [0.25, 0.3) is 0 Å². The quantitative estimate of drug-likeness (QED) is 0.482. The van der Waals surface area contributed by atoms with Gasteiger partial charge in [-0.15, -0.1) is 0 Å². The molecule has 0 radical (unpaired) electrons. The average molecular weight is 336 g/mol. The average Bonchev–Trinajstić information content (AvgIpc) is 2.80. The topological polar surface area (TPSA) is 63.7 Å². The van der Waals surface area contributed by atoms with Gasteiger partial charge in [0.15, 0.2) is 0 Å². The number of amides is 2. The fourth-order valence-corrected chi connectivity index (χ4v) is 3.47. The summed E-state index contributed by atoms with van der Waals surface area (Å²) >= 11 is 5.77. The molecule has 23 heavy (non-hydrogen) atoms. The molecule has 5 nitrogen and oxygen atoms in total. The SMILES string of the molecule is O=C(CCN1C(=O)[C@H]2CCCC[C@@H]2C1=O)Oc1ccc(Cl)cc1. The van der Waals surface area contributed by atoms with E-state index in [1.165, 1.54) is 4.90 Å². The zero-order chi connectivity index (χ0) is 16.4. The molecule has 1 aromatic rings. The Morgan fingerprint density at radius 3 is 2.22 bits per heavy atom. The molecule has 2 aliphatic rings. The van der Waals surface area contributed by atoms with Crippen molar-refractivity contribution in [1.82, 2.24) is 4.90 Å². The van der Waals surface area contributed by atoms with Gasteiger partial charge in [0.05, 0.1) is 18.3 Å². The van der Waals surface area contributed by atoms with E-state index < -0.39 is 5.97 Å². The predicted octanol–water partition coefficient (Wildman–Crippen LogP) is 2.81. The minimum absolute atomic E-state index is 0.000450. The van der Waals surface area contributed by atoms with E-state index in [2.05, 4.69) is 0 Å².